The van der Waals surface area contributed by atoms with E-state index < -0.39 is 9.28 Å². The summed E-state index contributed by atoms with van der Waals surface area (Å²) in [7, 11) is 1.93. The van der Waals surface area contributed by atoms with E-state index in [4.69, 9.17) is 8.85 Å². The van der Waals surface area contributed by atoms with Crippen LogP contribution in [0.2, 0.25) is 0 Å². The standard InChI is InChI=1S/C12H20O2Si/c1-4-11(15(13-2)14-3)12-7-5-10(9-12)6-8-12/h4-5,7,10,15H,6,8-9H2,1-3H3/b11-4-. The Bertz CT molecular complexity index is 294. The van der Waals surface area contributed by atoms with E-state index in [0.29, 0.717) is 5.41 Å². The van der Waals surface area contributed by atoms with Gasteiger partial charge in [0.1, 0.15) is 0 Å². The zero-order chi connectivity index (χ0) is 10.9. The molecule has 0 heterocycles. The third kappa shape index (κ3) is 1.73. The molecule has 0 N–H and O–H groups in total. The lowest BCUT2D eigenvalue weighted by Crippen LogP contribution is -2.32. The minimum absolute atomic E-state index is 0.294. The largest absolute Gasteiger partial charge is 0.397 e. The first-order valence-corrected chi connectivity index (χ1v) is 7.19. The molecule has 2 unspecified atom stereocenters. The fraction of sp³-hybridized carbons (Fsp3) is 0.667. The highest BCUT2D eigenvalue weighted by Crippen LogP contribution is 2.54. The molecule has 0 amide bonds. The Labute approximate surface area is 93.8 Å². The predicted octanol–water partition coefficient (Wildman–Crippen LogP) is 2.34. The van der Waals surface area contributed by atoms with Crippen molar-refractivity contribution in [2.75, 3.05) is 14.2 Å². The molecule has 2 atom stereocenters. The quantitative estimate of drug-likeness (QED) is 0.539. The highest BCUT2D eigenvalue weighted by atomic mass is 28.3. The number of hydrogen-bond acceptors (Lipinski definition) is 2. The van der Waals surface area contributed by atoms with Crippen LogP contribution >= 0.6 is 0 Å². The number of rotatable bonds is 4. The van der Waals surface area contributed by atoms with Gasteiger partial charge in [-0.05, 0) is 37.3 Å². The van der Waals surface area contributed by atoms with Gasteiger partial charge in [-0.1, -0.05) is 18.2 Å². The molecule has 2 aliphatic carbocycles. The van der Waals surface area contributed by atoms with Crippen LogP contribution in [0.1, 0.15) is 26.2 Å². The lowest BCUT2D eigenvalue weighted by atomic mass is 9.87. The Balaban J connectivity index is 2.24. The molecule has 2 rings (SSSR count). The third-order valence-corrected chi connectivity index (χ3v) is 6.12. The summed E-state index contributed by atoms with van der Waals surface area (Å²) >= 11 is 0. The van der Waals surface area contributed by atoms with Gasteiger partial charge in [0.25, 0.3) is 0 Å². The highest BCUT2D eigenvalue weighted by Gasteiger charge is 2.46. The van der Waals surface area contributed by atoms with Crippen molar-refractivity contribution in [3.8, 4) is 0 Å². The van der Waals surface area contributed by atoms with E-state index in [1.54, 1.807) is 14.2 Å². The molecule has 0 spiro atoms. The third-order valence-electron chi connectivity index (χ3n) is 3.84. The molecular formula is C12H20O2Si. The van der Waals surface area contributed by atoms with Crippen molar-refractivity contribution >= 4 is 9.28 Å². The van der Waals surface area contributed by atoms with E-state index in [1.807, 2.05) is 0 Å². The fourth-order valence-electron chi connectivity index (χ4n) is 3.12. The summed E-state index contributed by atoms with van der Waals surface area (Å²) < 4.78 is 11.0. The van der Waals surface area contributed by atoms with Crippen LogP contribution in [0.4, 0.5) is 0 Å². The number of allylic oxidation sites excluding steroid dienone is 4. The average molecular weight is 224 g/mol. The van der Waals surface area contributed by atoms with Crippen LogP contribution in [-0.2, 0) is 8.85 Å². The summed E-state index contributed by atoms with van der Waals surface area (Å²) in [4.78, 5) is 0. The second kappa shape index (κ2) is 4.24. The van der Waals surface area contributed by atoms with Crippen LogP contribution in [0.5, 0.6) is 0 Å². The average Bonchev–Trinajstić information content (AvgIpc) is 2.86. The van der Waals surface area contributed by atoms with Crippen LogP contribution in [-0.4, -0.2) is 23.5 Å². The number of fused-ring (bicyclic) bond motifs is 2. The molecule has 0 aliphatic heterocycles. The van der Waals surface area contributed by atoms with Crippen molar-refractivity contribution in [1.82, 2.24) is 0 Å². The van der Waals surface area contributed by atoms with Gasteiger partial charge in [0.2, 0.25) is 0 Å². The van der Waals surface area contributed by atoms with E-state index in [-0.39, 0.29) is 0 Å². The van der Waals surface area contributed by atoms with Crippen molar-refractivity contribution in [3.05, 3.63) is 23.4 Å². The highest BCUT2D eigenvalue weighted by molar-refractivity contribution is 6.54. The van der Waals surface area contributed by atoms with Gasteiger partial charge in [-0.25, -0.2) is 0 Å². The summed E-state index contributed by atoms with van der Waals surface area (Å²) in [6.45, 7) is 2.11. The van der Waals surface area contributed by atoms with E-state index in [1.165, 1.54) is 24.5 Å². The maximum atomic E-state index is 5.52. The molecule has 1 fully saturated rings. The first-order valence-electron chi connectivity index (χ1n) is 5.67. The summed E-state index contributed by atoms with van der Waals surface area (Å²) in [5.41, 5.74) is 0.294. The van der Waals surface area contributed by atoms with Crippen molar-refractivity contribution in [2.24, 2.45) is 11.3 Å². The van der Waals surface area contributed by atoms with Gasteiger partial charge < -0.3 is 8.85 Å². The van der Waals surface area contributed by atoms with Crippen molar-refractivity contribution in [3.63, 3.8) is 0 Å². The minimum Gasteiger partial charge on any atom is -0.397 e. The number of hydrogen-bond donors (Lipinski definition) is 0. The molecule has 1 saturated carbocycles. The predicted molar refractivity (Wildman–Crippen MR) is 63.8 cm³/mol. The van der Waals surface area contributed by atoms with E-state index in [2.05, 4.69) is 25.2 Å². The summed E-state index contributed by atoms with van der Waals surface area (Å²) in [5.74, 6) is 0.809. The molecule has 0 saturated heterocycles. The maximum absolute atomic E-state index is 5.52. The van der Waals surface area contributed by atoms with Gasteiger partial charge in [-0.15, -0.1) is 0 Å². The van der Waals surface area contributed by atoms with E-state index >= 15 is 0 Å². The maximum Gasteiger partial charge on any atom is 0.351 e. The Morgan fingerprint density at radius 2 is 2.20 bits per heavy atom. The first-order chi connectivity index (χ1) is 7.25. The van der Waals surface area contributed by atoms with Gasteiger partial charge in [0.15, 0.2) is 0 Å². The molecule has 0 aromatic rings. The molecule has 0 aromatic carbocycles. The zero-order valence-electron chi connectivity index (χ0n) is 9.82. The lowest BCUT2D eigenvalue weighted by molar-refractivity contribution is 0.276. The Morgan fingerprint density at radius 1 is 1.47 bits per heavy atom. The van der Waals surface area contributed by atoms with Gasteiger partial charge in [-0.2, -0.15) is 0 Å². The normalized spacial score (nSPS) is 34.4. The SMILES string of the molecule is C/C=C(\[SiH](OC)OC)C12C=CC(CC1)C2. The topological polar surface area (TPSA) is 18.5 Å². The Morgan fingerprint density at radius 3 is 2.53 bits per heavy atom. The second-order valence-corrected chi connectivity index (χ2v) is 6.79. The summed E-state index contributed by atoms with van der Waals surface area (Å²) in [5, 5.41) is 1.43. The molecule has 84 valence electrons. The Kier molecular flexibility index (Phi) is 3.14. The van der Waals surface area contributed by atoms with Gasteiger partial charge in [0, 0.05) is 19.6 Å². The smallest absolute Gasteiger partial charge is 0.351 e. The summed E-state index contributed by atoms with van der Waals surface area (Å²) in [6.07, 6.45) is 10.9. The fourth-order valence-corrected chi connectivity index (χ4v) is 4.92. The van der Waals surface area contributed by atoms with E-state index in [0.717, 1.165) is 5.92 Å². The molecular weight excluding hydrogens is 204 g/mol. The second-order valence-electron chi connectivity index (χ2n) is 4.57. The molecule has 2 nitrogen and oxygen atoms in total. The first kappa shape index (κ1) is 11.1. The van der Waals surface area contributed by atoms with Gasteiger partial charge in [-0.3, -0.25) is 0 Å². The molecule has 2 aliphatic rings. The van der Waals surface area contributed by atoms with Crippen molar-refractivity contribution in [2.45, 2.75) is 26.2 Å². The lowest BCUT2D eigenvalue weighted by Gasteiger charge is -2.30. The monoisotopic (exact) mass is 224 g/mol. The minimum atomic E-state index is -1.61. The van der Waals surface area contributed by atoms with Crippen LogP contribution in [0.3, 0.4) is 0 Å². The molecule has 3 heteroatoms. The van der Waals surface area contributed by atoms with Crippen LogP contribution < -0.4 is 0 Å². The van der Waals surface area contributed by atoms with Gasteiger partial charge in [0.05, 0.1) is 0 Å². The van der Waals surface area contributed by atoms with Crippen molar-refractivity contribution in [1.29, 1.82) is 0 Å². The molecule has 2 bridgehead atoms. The van der Waals surface area contributed by atoms with Crippen LogP contribution in [0.15, 0.2) is 23.4 Å². The molecule has 0 aromatic heterocycles. The molecule has 0 radical (unpaired) electrons. The summed E-state index contributed by atoms with van der Waals surface area (Å²) in [6, 6.07) is 0. The van der Waals surface area contributed by atoms with Crippen LogP contribution in [0, 0.1) is 11.3 Å². The van der Waals surface area contributed by atoms with E-state index in [9.17, 15) is 0 Å². The zero-order valence-corrected chi connectivity index (χ0v) is 11.0. The Hall–Kier alpha value is -0.383. The van der Waals surface area contributed by atoms with Crippen molar-refractivity contribution < 1.29 is 8.85 Å². The van der Waals surface area contributed by atoms with Gasteiger partial charge >= 0.3 is 9.28 Å². The van der Waals surface area contributed by atoms with Crippen LogP contribution in [0.25, 0.3) is 0 Å². The molecule has 15 heavy (non-hydrogen) atoms.